The summed E-state index contributed by atoms with van der Waals surface area (Å²) in [5, 5.41) is 3.02. The molecule has 1 aliphatic rings. The van der Waals surface area contributed by atoms with Crippen molar-refractivity contribution >= 4 is 21.8 Å². The number of benzene rings is 3. The highest BCUT2D eigenvalue weighted by atomic mass is 32.2. The van der Waals surface area contributed by atoms with Crippen LogP contribution in [0.5, 0.6) is 5.75 Å². The molecular formula is C32H40N4O6S. The highest BCUT2D eigenvalue weighted by Crippen LogP contribution is 2.25. The van der Waals surface area contributed by atoms with Crippen LogP contribution in [0.2, 0.25) is 0 Å². The zero-order chi connectivity index (χ0) is 30.7. The molecule has 43 heavy (non-hydrogen) atoms. The number of carbonyl (C=O) groups excluding carboxylic acids is 2. The molecule has 1 unspecified atom stereocenters. The number of nitrogens with zero attached hydrogens (tertiary/aromatic N) is 3. The van der Waals surface area contributed by atoms with Gasteiger partial charge in [0.25, 0.3) is 0 Å². The highest BCUT2D eigenvalue weighted by Gasteiger charge is 2.33. The van der Waals surface area contributed by atoms with Crippen LogP contribution in [-0.2, 0) is 37.4 Å². The molecule has 1 fully saturated rings. The molecule has 2 amide bonds. The number of nitrogens with one attached hydrogen (secondary N) is 1. The van der Waals surface area contributed by atoms with E-state index in [1.807, 2.05) is 60.7 Å². The van der Waals surface area contributed by atoms with Gasteiger partial charge in [-0.2, -0.15) is 4.31 Å². The van der Waals surface area contributed by atoms with E-state index in [0.717, 1.165) is 34.8 Å². The monoisotopic (exact) mass is 608 g/mol. The third kappa shape index (κ3) is 9.62. The fourth-order valence-corrected chi connectivity index (χ4v) is 5.67. The Balaban J connectivity index is 1.64. The lowest BCUT2D eigenvalue weighted by Crippen LogP contribution is -2.49. The van der Waals surface area contributed by atoms with Crippen molar-refractivity contribution in [2.75, 3.05) is 59.3 Å². The van der Waals surface area contributed by atoms with Gasteiger partial charge in [0, 0.05) is 39.3 Å². The van der Waals surface area contributed by atoms with E-state index < -0.39 is 28.5 Å². The van der Waals surface area contributed by atoms with Gasteiger partial charge < -0.3 is 19.7 Å². The topological polar surface area (TPSA) is 108 Å². The second-order valence-corrected chi connectivity index (χ2v) is 12.4. The molecule has 1 saturated heterocycles. The Hall–Kier alpha value is -3.77. The Morgan fingerprint density at radius 2 is 1.51 bits per heavy atom. The second-order valence-electron chi connectivity index (χ2n) is 10.4. The number of hydrogen-bond acceptors (Lipinski definition) is 7. The van der Waals surface area contributed by atoms with E-state index in [-0.39, 0.29) is 19.0 Å². The van der Waals surface area contributed by atoms with E-state index in [1.54, 1.807) is 31.4 Å². The van der Waals surface area contributed by atoms with E-state index in [1.165, 1.54) is 4.90 Å². The predicted octanol–water partition coefficient (Wildman–Crippen LogP) is 2.68. The second kappa shape index (κ2) is 15.6. The first-order chi connectivity index (χ1) is 20.7. The molecule has 4 rings (SSSR count). The van der Waals surface area contributed by atoms with Crippen LogP contribution in [0.4, 0.5) is 0 Å². The van der Waals surface area contributed by atoms with Crippen molar-refractivity contribution in [2.24, 2.45) is 0 Å². The van der Waals surface area contributed by atoms with Gasteiger partial charge in [-0.3, -0.25) is 14.5 Å². The number of ether oxygens (including phenoxy) is 2. The standard InChI is InChI=1S/C32H40N4O6S/c1-41-29-15-13-27(14-16-29)24-36(30(37)25-35(43(2,39)40)23-26-9-5-3-6-10-26)31(28-11-7-4-8-12-28)32(38)33-17-18-34-19-21-42-22-20-34/h3-16,31H,17-25H2,1-2H3,(H,33,38). The van der Waals surface area contributed by atoms with Gasteiger partial charge in [-0.25, -0.2) is 8.42 Å². The van der Waals surface area contributed by atoms with Gasteiger partial charge in [-0.05, 0) is 28.8 Å². The van der Waals surface area contributed by atoms with E-state index in [0.29, 0.717) is 37.6 Å². The van der Waals surface area contributed by atoms with Crippen LogP contribution in [0.15, 0.2) is 84.9 Å². The molecule has 11 heteroatoms. The smallest absolute Gasteiger partial charge is 0.247 e. The van der Waals surface area contributed by atoms with Crippen molar-refractivity contribution in [1.82, 2.24) is 19.4 Å². The fourth-order valence-electron chi connectivity index (χ4n) is 4.94. The third-order valence-corrected chi connectivity index (χ3v) is 8.52. The summed E-state index contributed by atoms with van der Waals surface area (Å²) in [5.41, 5.74) is 2.15. The molecule has 0 bridgehead atoms. The molecule has 230 valence electrons. The van der Waals surface area contributed by atoms with Crippen molar-refractivity contribution in [3.8, 4) is 5.75 Å². The summed E-state index contributed by atoms with van der Waals surface area (Å²) in [6.07, 6.45) is 1.09. The summed E-state index contributed by atoms with van der Waals surface area (Å²) in [5.74, 6) is -0.169. The van der Waals surface area contributed by atoms with Crippen molar-refractivity contribution in [2.45, 2.75) is 19.1 Å². The highest BCUT2D eigenvalue weighted by molar-refractivity contribution is 7.88. The third-order valence-electron chi connectivity index (χ3n) is 7.32. The maximum absolute atomic E-state index is 14.2. The first-order valence-corrected chi connectivity index (χ1v) is 16.1. The Morgan fingerprint density at radius 3 is 2.12 bits per heavy atom. The predicted molar refractivity (Wildman–Crippen MR) is 165 cm³/mol. The largest absolute Gasteiger partial charge is 0.497 e. The van der Waals surface area contributed by atoms with Crippen molar-refractivity contribution in [1.29, 1.82) is 0 Å². The summed E-state index contributed by atoms with van der Waals surface area (Å²) in [6.45, 7) is 3.65. The molecule has 0 saturated carbocycles. The number of rotatable bonds is 14. The average molecular weight is 609 g/mol. The normalized spacial score (nSPS) is 14.7. The molecule has 0 radical (unpaired) electrons. The minimum atomic E-state index is -3.76. The van der Waals surface area contributed by atoms with Crippen molar-refractivity contribution in [3.63, 3.8) is 0 Å². The Morgan fingerprint density at radius 1 is 0.907 bits per heavy atom. The van der Waals surface area contributed by atoms with Gasteiger partial charge in [-0.15, -0.1) is 0 Å². The lowest BCUT2D eigenvalue weighted by Gasteiger charge is -2.33. The van der Waals surface area contributed by atoms with Gasteiger partial charge in [-0.1, -0.05) is 72.8 Å². The number of carbonyl (C=O) groups is 2. The van der Waals surface area contributed by atoms with Crippen LogP contribution in [0.25, 0.3) is 0 Å². The number of morpholine rings is 1. The number of amides is 2. The van der Waals surface area contributed by atoms with Gasteiger partial charge in [0.1, 0.15) is 11.8 Å². The van der Waals surface area contributed by atoms with E-state index in [9.17, 15) is 18.0 Å². The van der Waals surface area contributed by atoms with Gasteiger partial charge in [0.05, 0.1) is 33.1 Å². The molecule has 1 atom stereocenters. The first kappa shape index (κ1) is 32.2. The van der Waals surface area contributed by atoms with Crippen molar-refractivity contribution < 1.29 is 27.5 Å². The summed E-state index contributed by atoms with van der Waals surface area (Å²) in [6, 6.07) is 24.4. The Bertz CT molecular complexity index is 1420. The molecule has 1 aliphatic heterocycles. The summed E-state index contributed by atoms with van der Waals surface area (Å²) in [4.78, 5) is 31.7. The first-order valence-electron chi connectivity index (χ1n) is 14.3. The maximum atomic E-state index is 14.2. The van der Waals surface area contributed by atoms with E-state index in [2.05, 4.69) is 10.2 Å². The number of methoxy groups -OCH3 is 1. The number of hydrogen-bond donors (Lipinski definition) is 1. The fraction of sp³-hybridized carbons (Fsp3) is 0.375. The minimum absolute atomic E-state index is 0.0313. The molecule has 3 aromatic rings. The molecule has 3 aromatic carbocycles. The summed E-state index contributed by atoms with van der Waals surface area (Å²) >= 11 is 0. The zero-order valence-electron chi connectivity index (χ0n) is 24.7. The maximum Gasteiger partial charge on any atom is 0.247 e. The van der Waals surface area contributed by atoms with E-state index >= 15 is 0 Å². The Kier molecular flexibility index (Phi) is 11.7. The summed E-state index contributed by atoms with van der Waals surface area (Å²) < 4.78 is 37.5. The average Bonchev–Trinajstić information content (AvgIpc) is 3.02. The zero-order valence-corrected chi connectivity index (χ0v) is 25.5. The van der Waals surface area contributed by atoms with Crippen LogP contribution in [-0.4, -0.2) is 93.6 Å². The van der Waals surface area contributed by atoms with E-state index in [4.69, 9.17) is 9.47 Å². The quantitative estimate of drug-likeness (QED) is 0.300. The molecule has 0 aromatic heterocycles. The molecular weight excluding hydrogens is 568 g/mol. The Labute approximate surface area is 254 Å². The molecule has 10 nitrogen and oxygen atoms in total. The van der Waals surface area contributed by atoms with Gasteiger partial charge >= 0.3 is 0 Å². The molecule has 1 N–H and O–H groups in total. The van der Waals surface area contributed by atoms with Crippen LogP contribution < -0.4 is 10.1 Å². The van der Waals surface area contributed by atoms with Crippen LogP contribution >= 0.6 is 0 Å². The number of sulfonamides is 1. The van der Waals surface area contributed by atoms with Crippen LogP contribution in [0, 0.1) is 0 Å². The molecule has 0 aliphatic carbocycles. The van der Waals surface area contributed by atoms with Crippen LogP contribution in [0.1, 0.15) is 22.7 Å². The lowest BCUT2D eigenvalue weighted by molar-refractivity contribution is -0.141. The van der Waals surface area contributed by atoms with Crippen LogP contribution in [0.3, 0.4) is 0 Å². The molecule has 0 spiro atoms. The summed E-state index contributed by atoms with van der Waals surface area (Å²) in [7, 11) is -2.18. The minimum Gasteiger partial charge on any atom is -0.497 e. The van der Waals surface area contributed by atoms with Gasteiger partial charge in [0.2, 0.25) is 21.8 Å². The lowest BCUT2D eigenvalue weighted by atomic mass is 10.0. The SMILES string of the molecule is COc1ccc(CN(C(=O)CN(Cc2ccccc2)S(C)(=O)=O)C(C(=O)NCCN2CCOCC2)c2ccccc2)cc1. The van der Waals surface area contributed by atoms with Gasteiger partial charge in [0.15, 0.2) is 0 Å². The molecule has 1 heterocycles. The van der Waals surface area contributed by atoms with Crippen molar-refractivity contribution in [3.05, 3.63) is 102 Å².